The van der Waals surface area contributed by atoms with Crippen LogP contribution in [0.25, 0.3) is 0 Å². The summed E-state index contributed by atoms with van der Waals surface area (Å²) in [5.41, 5.74) is 4.98. The molecule has 1 aliphatic heterocycles. The third-order valence-electron chi connectivity index (χ3n) is 5.09. The number of hydrogen-bond donors (Lipinski definition) is 1. The van der Waals surface area contributed by atoms with Crippen LogP contribution in [0.1, 0.15) is 37.4 Å². The molecular weight excluding hydrogens is 367 g/mol. The number of rotatable bonds is 4. The van der Waals surface area contributed by atoms with Gasteiger partial charge in [-0.1, -0.05) is 35.9 Å². The number of amides is 2. The summed E-state index contributed by atoms with van der Waals surface area (Å²) in [6.07, 6.45) is 0.776. The smallest absolute Gasteiger partial charge is 0.258 e. The third-order valence-corrected chi connectivity index (χ3v) is 5.09. The van der Waals surface area contributed by atoms with Gasteiger partial charge in [0.15, 0.2) is 0 Å². The summed E-state index contributed by atoms with van der Waals surface area (Å²) >= 11 is 0. The van der Waals surface area contributed by atoms with E-state index in [4.69, 9.17) is 0 Å². The van der Waals surface area contributed by atoms with Crippen LogP contribution in [0.2, 0.25) is 0 Å². The summed E-state index contributed by atoms with van der Waals surface area (Å²) in [6, 6.07) is 19.1. The molecule has 2 amide bonds. The standard InChI is InChI=1S/C24H21FN2O2/c1-16-4-2-6-20(12-16)24(29)27-11-10-18-13-17(8-9-22(18)27)15-26-23(28)19-5-3-7-21(25)14-19/h2-9,12-14H,10-11,15H2,1H3,(H,26,28). The summed E-state index contributed by atoms with van der Waals surface area (Å²) in [7, 11) is 0. The Hall–Kier alpha value is -3.47. The number of fused-ring (bicyclic) bond motifs is 1. The Bertz CT molecular complexity index is 1090. The number of nitrogens with zero attached hydrogens (tertiary/aromatic N) is 1. The summed E-state index contributed by atoms with van der Waals surface area (Å²) < 4.78 is 13.3. The minimum absolute atomic E-state index is 0.000364. The molecule has 0 fully saturated rings. The van der Waals surface area contributed by atoms with Gasteiger partial charge in [0.1, 0.15) is 5.82 Å². The van der Waals surface area contributed by atoms with Gasteiger partial charge in [0, 0.05) is 29.9 Å². The highest BCUT2D eigenvalue weighted by atomic mass is 19.1. The van der Waals surface area contributed by atoms with Crippen molar-refractivity contribution in [3.63, 3.8) is 0 Å². The van der Waals surface area contributed by atoms with Crippen LogP contribution in [-0.4, -0.2) is 18.4 Å². The Morgan fingerprint density at radius 3 is 2.59 bits per heavy atom. The molecule has 5 heteroatoms. The SMILES string of the molecule is Cc1cccc(C(=O)N2CCc3cc(CNC(=O)c4cccc(F)c4)ccc32)c1. The van der Waals surface area contributed by atoms with Crippen molar-refractivity contribution in [2.45, 2.75) is 19.9 Å². The number of hydrogen-bond acceptors (Lipinski definition) is 2. The van der Waals surface area contributed by atoms with Crippen molar-refractivity contribution in [2.24, 2.45) is 0 Å². The van der Waals surface area contributed by atoms with Crippen molar-refractivity contribution in [3.05, 3.63) is 100 Å². The second kappa shape index (κ2) is 7.87. The summed E-state index contributed by atoms with van der Waals surface area (Å²) in [5.74, 6) is -0.755. The first-order valence-electron chi connectivity index (χ1n) is 9.55. The van der Waals surface area contributed by atoms with E-state index in [1.807, 2.05) is 49.4 Å². The lowest BCUT2D eigenvalue weighted by Crippen LogP contribution is -2.28. The molecule has 3 aromatic carbocycles. The van der Waals surface area contributed by atoms with Crippen molar-refractivity contribution in [3.8, 4) is 0 Å². The molecule has 0 spiro atoms. The first-order chi connectivity index (χ1) is 14.0. The summed E-state index contributed by atoms with van der Waals surface area (Å²) in [5, 5.41) is 2.81. The largest absolute Gasteiger partial charge is 0.348 e. The van der Waals surface area contributed by atoms with Crippen molar-refractivity contribution in [1.82, 2.24) is 5.32 Å². The molecule has 29 heavy (non-hydrogen) atoms. The second-order valence-electron chi connectivity index (χ2n) is 7.23. The molecule has 4 rings (SSSR count). The van der Waals surface area contributed by atoms with Crippen molar-refractivity contribution >= 4 is 17.5 Å². The fourth-order valence-electron chi connectivity index (χ4n) is 3.62. The van der Waals surface area contributed by atoms with Crippen LogP contribution < -0.4 is 10.2 Å². The summed E-state index contributed by atoms with van der Waals surface area (Å²) in [4.78, 5) is 26.9. The fourth-order valence-corrected chi connectivity index (χ4v) is 3.62. The average molecular weight is 388 g/mol. The molecule has 0 radical (unpaired) electrons. The average Bonchev–Trinajstić information content (AvgIpc) is 3.14. The number of carbonyl (C=O) groups is 2. The van der Waals surface area contributed by atoms with E-state index in [0.29, 0.717) is 24.2 Å². The zero-order chi connectivity index (χ0) is 20.4. The van der Waals surface area contributed by atoms with Crippen molar-refractivity contribution in [2.75, 3.05) is 11.4 Å². The molecule has 0 saturated heterocycles. The lowest BCUT2D eigenvalue weighted by atomic mass is 10.1. The van der Waals surface area contributed by atoms with Gasteiger partial charge in [0.05, 0.1) is 0 Å². The topological polar surface area (TPSA) is 49.4 Å². The number of benzene rings is 3. The van der Waals surface area contributed by atoms with Crippen LogP contribution >= 0.6 is 0 Å². The number of carbonyl (C=O) groups excluding carboxylic acids is 2. The van der Waals surface area contributed by atoms with E-state index < -0.39 is 5.82 Å². The Balaban J connectivity index is 1.46. The van der Waals surface area contributed by atoms with Gasteiger partial charge in [0.2, 0.25) is 0 Å². The molecule has 1 aliphatic rings. The molecule has 4 nitrogen and oxygen atoms in total. The van der Waals surface area contributed by atoms with Gasteiger partial charge in [-0.15, -0.1) is 0 Å². The van der Waals surface area contributed by atoms with Crippen LogP contribution in [0.15, 0.2) is 66.7 Å². The molecule has 1 heterocycles. The fraction of sp³-hybridized carbons (Fsp3) is 0.167. The van der Waals surface area contributed by atoms with Gasteiger partial charge in [0.25, 0.3) is 11.8 Å². The molecule has 0 unspecified atom stereocenters. The van der Waals surface area contributed by atoms with E-state index in [1.54, 1.807) is 11.0 Å². The van der Waals surface area contributed by atoms with Gasteiger partial charge in [-0.25, -0.2) is 4.39 Å². The zero-order valence-corrected chi connectivity index (χ0v) is 16.1. The van der Waals surface area contributed by atoms with Crippen LogP contribution in [0.4, 0.5) is 10.1 Å². The first-order valence-corrected chi connectivity index (χ1v) is 9.55. The maximum Gasteiger partial charge on any atom is 0.258 e. The van der Waals surface area contributed by atoms with E-state index >= 15 is 0 Å². The summed E-state index contributed by atoms with van der Waals surface area (Å²) in [6.45, 7) is 2.95. The van der Waals surface area contributed by atoms with E-state index in [9.17, 15) is 14.0 Å². The number of aryl methyl sites for hydroxylation is 1. The van der Waals surface area contributed by atoms with Gasteiger partial charge < -0.3 is 10.2 Å². The normalized spacial score (nSPS) is 12.6. The van der Waals surface area contributed by atoms with Crippen LogP contribution in [0.5, 0.6) is 0 Å². The van der Waals surface area contributed by atoms with Gasteiger partial charge in [-0.3, -0.25) is 9.59 Å². The quantitative estimate of drug-likeness (QED) is 0.726. The van der Waals surface area contributed by atoms with E-state index in [0.717, 1.165) is 28.8 Å². The molecule has 0 aromatic heterocycles. The lowest BCUT2D eigenvalue weighted by molar-refractivity contribution is 0.0949. The van der Waals surface area contributed by atoms with Gasteiger partial charge >= 0.3 is 0 Å². The van der Waals surface area contributed by atoms with Crippen molar-refractivity contribution in [1.29, 1.82) is 0 Å². The number of anilines is 1. The Labute approximate surface area is 169 Å². The molecular formula is C24H21FN2O2. The molecule has 146 valence electrons. The Morgan fingerprint density at radius 2 is 1.79 bits per heavy atom. The monoisotopic (exact) mass is 388 g/mol. The van der Waals surface area contributed by atoms with Crippen molar-refractivity contribution < 1.29 is 14.0 Å². The van der Waals surface area contributed by atoms with E-state index in [2.05, 4.69) is 5.32 Å². The highest BCUT2D eigenvalue weighted by Crippen LogP contribution is 2.30. The molecule has 0 bridgehead atoms. The van der Waals surface area contributed by atoms with Gasteiger partial charge in [-0.2, -0.15) is 0 Å². The third kappa shape index (κ3) is 4.04. The molecule has 0 aliphatic carbocycles. The second-order valence-corrected chi connectivity index (χ2v) is 7.23. The maximum absolute atomic E-state index is 13.3. The minimum atomic E-state index is -0.437. The zero-order valence-electron chi connectivity index (χ0n) is 16.1. The number of nitrogens with one attached hydrogen (secondary N) is 1. The van der Waals surface area contributed by atoms with E-state index in [1.165, 1.54) is 18.2 Å². The predicted octanol–water partition coefficient (Wildman–Crippen LogP) is 4.27. The molecule has 0 saturated carbocycles. The molecule has 1 N–H and O–H groups in total. The highest BCUT2D eigenvalue weighted by Gasteiger charge is 2.25. The maximum atomic E-state index is 13.3. The van der Waals surface area contributed by atoms with E-state index in [-0.39, 0.29) is 11.8 Å². The predicted molar refractivity (Wildman–Crippen MR) is 111 cm³/mol. The highest BCUT2D eigenvalue weighted by molar-refractivity contribution is 6.07. The minimum Gasteiger partial charge on any atom is -0.348 e. The molecule has 0 atom stereocenters. The van der Waals surface area contributed by atoms with Crippen LogP contribution in [-0.2, 0) is 13.0 Å². The molecule has 3 aromatic rings. The number of halogens is 1. The Kier molecular flexibility index (Phi) is 5.12. The van der Waals surface area contributed by atoms with Gasteiger partial charge in [-0.05, 0) is 60.9 Å². The lowest BCUT2D eigenvalue weighted by Gasteiger charge is -2.18. The Morgan fingerprint density at radius 1 is 1.00 bits per heavy atom. The van der Waals surface area contributed by atoms with Crippen LogP contribution in [0, 0.1) is 12.7 Å². The first kappa shape index (κ1) is 18.9. The van der Waals surface area contributed by atoms with Crippen LogP contribution in [0.3, 0.4) is 0 Å².